The van der Waals surface area contributed by atoms with Crippen molar-refractivity contribution in [3.63, 3.8) is 0 Å². The standard InChI is InChI=1S/C21H22N4O3S/c1-15-3-2-4-19(9-15)29(26,27)20-11-16(17-13-23-21(22)24-14-17)10-18(12-20)25-5-7-28-8-6-25/h2-4,9-14H,5-8H2,1H3,(H2,22,23,24). The summed E-state index contributed by atoms with van der Waals surface area (Å²) in [6.45, 7) is 4.49. The van der Waals surface area contributed by atoms with E-state index in [9.17, 15) is 8.42 Å². The number of morpholine rings is 1. The first-order valence-corrected chi connectivity index (χ1v) is 10.8. The van der Waals surface area contributed by atoms with E-state index in [1.807, 2.05) is 19.1 Å². The zero-order chi connectivity index (χ0) is 20.4. The summed E-state index contributed by atoms with van der Waals surface area (Å²) < 4.78 is 32.2. The van der Waals surface area contributed by atoms with Gasteiger partial charge in [-0.3, -0.25) is 0 Å². The van der Waals surface area contributed by atoms with E-state index in [0.717, 1.165) is 16.8 Å². The van der Waals surface area contributed by atoms with Gasteiger partial charge in [-0.05, 0) is 48.4 Å². The van der Waals surface area contributed by atoms with Crippen molar-refractivity contribution in [1.82, 2.24) is 9.97 Å². The molecule has 7 nitrogen and oxygen atoms in total. The summed E-state index contributed by atoms with van der Waals surface area (Å²) in [4.78, 5) is 10.7. The van der Waals surface area contributed by atoms with Gasteiger partial charge in [0.05, 0.1) is 23.0 Å². The van der Waals surface area contributed by atoms with Gasteiger partial charge in [0.25, 0.3) is 0 Å². The van der Waals surface area contributed by atoms with Crippen molar-refractivity contribution in [1.29, 1.82) is 0 Å². The van der Waals surface area contributed by atoms with Crippen LogP contribution in [-0.4, -0.2) is 44.7 Å². The minimum atomic E-state index is -3.68. The zero-order valence-corrected chi connectivity index (χ0v) is 16.9. The molecule has 150 valence electrons. The number of ether oxygens (including phenoxy) is 1. The summed E-state index contributed by atoms with van der Waals surface area (Å²) in [5.74, 6) is 0.172. The highest BCUT2D eigenvalue weighted by molar-refractivity contribution is 7.91. The maximum absolute atomic E-state index is 13.4. The predicted octanol–water partition coefficient (Wildman–Crippen LogP) is 2.70. The maximum atomic E-state index is 13.4. The third kappa shape index (κ3) is 4.08. The van der Waals surface area contributed by atoms with E-state index in [1.165, 1.54) is 0 Å². The predicted molar refractivity (Wildman–Crippen MR) is 112 cm³/mol. The van der Waals surface area contributed by atoms with Gasteiger partial charge >= 0.3 is 0 Å². The number of aryl methyl sites for hydroxylation is 1. The number of sulfone groups is 1. The second-order valence-electron chi connectivity index (χ2n) is 6.96. The molecule has 0 unspecified atom stereocenters. The molecule has 0 atom stereocenters. The first-order valence-electron chi connectivity index (χ1n) is 9.31. The molecule has 0 saturated carbocycles. The summed E-state index contributed by atoms with van der Waals surface area (Å²) in [7, 11) is -3.68. The van der Waals surface area contributed by atoms with Crippen LogP contribution in [-0.2, 0) is 14.6 Å². The first-order chi connectivity index (χ1) is 13.9. The molecule has 0 amide bonds. The van der Waals surface area contributed by atoms with Crippen molar-refractivity contribution in [2.75, 3.05) is 36.9 Å². The Hall–Kier alpha value is -2.97. The van der Waals surface area contributed by atoms with Crippen molar-refractivity contribution in [3.05, 3.63) is 60.4 Å². The van der Waals surface area contributed by atoms with Crippen LogP contribution in [0.3, 0.4) is 0 Å². The lowest BCUT2D eigenvalue weighted by molar-refractivity contribution is 0.122. The van der Waals surface area contributed by atoms with Gasteiger partial charge in [0.1, 0.15) is 0 Å². The van der Waals surface area contributed by atoms with Crippen molar-refractivity contribution in [3.8, 4) is 11.1 Å². The van der Waals surface area contributed by atoms with E-state index in [0.29, 0.717) is 31.9 Å². The van der Waals surface area contributed by atoms with Gasteiger partial charge in [0, 0.05) is 36.7 Å². The molecule has 3 aromatic rings. The molecule has 2 N–H and O–H groups in total. The summed E-state index contributed by atoms with van der Waals surface area (Å²) in [6, 6.07) is 12.3. The molecular formula is C21H22N4O3S. The lowest BCUT2D eigenvalue weighted by Gasteiger charge is -2.29. The molecule has 2 heterocycles. The Labute approximate surface area is 170 Å². The molecule has 1 aliphatic rings. The van der Waals surface area contributed by atoms with Crippen molar-refractivity contribution >= 4 is 21.5 Å². The van der Waals surface area contributed by atoms with E-state index in [1.54, 1.807) is 42.7 Å². The smallest absolute Gasteiger partial charge is 0.219 e. The Bertz CT molecular complexity index is 1120. The maximum Gasteiger partial charge on any atom is 0.219 e. The fourth-order valence-corrected chi connectivity index (χ4v) is 4.74. The number of nitrogens with two attached hydrogens (primary N) is 1. The zero-order valence-electron chi connectivity index (χ0n) is 16.1. The summed E-state index contributed by atoms with van der Waals surface area (Å²) >= 11 is 0. The SMILES string of the molecule is Cc1cccc(S(=O)(=O)c2cc(-c3cnc(N)nc3)cc(N3CCOCC3)c2)c1. The topological polar surface area (TPSA) is 98.4 Å². The molecule has 1 fully saturated rings. The Kier molecular flexibility index (Phi) is 5.21. The number of rotatable bonds is 4. The first kappa shape index (κ1) is 19.4. The molecule has 0 spiro atoms. The van der Waals surface area contributed by atoms with E-state index < -0.39 is 9.84 Å². The van der Waals surface area contributed by atoms with Crippen LogP contribution in [0.4, 0.5) is 11.6 Å². The number of nitrogen functional groups attached to an aromatic ring is 1. The van der Waals surface area contributed by atoms with Crippen molar-refractivity contribution in [2.24, 2.45) is 0 Å². The van der Waals surface area contributed by atoms with Crippen LogP contribution in [0, 0.1) is 6.92 Å². The van der Waals surface area contributed by atoms with Gasteiger partial charge in [-0.15, -0.1) is 0 Å². The van der Waals surface area contributed by atoms with Crippen LogP contribution in [0.2, 0.25) is 0 Å². The van der Waals surface area contributed by atoms with Gasteiger partial charge in [-0.25, -0.2) is 18.4 Å². The number of anilines is 2. The van der Waals surface area contributed by atoms with E-state index in [4.69, 9.17) is 10.5 Å². The van der Waals surface area contributed by atoms with Gasteiger partial charge < -0.3 is 15.4 Å². The van der Waals surface area contributed by atoms with Crippen LogP contribution in [0.15, 0.2) is 64.6 Å². The molecule has 0 radical (unpaired) electrons. The number of hydrogen-bond donors (Lipinski definition) is 1. The molecule has 1 aliphatic heterocycles. The molecule has 2 aromatic carbocycles. The molecule has 4 rings (SSSR count). The van der Waals surface area contributed by atoms with Crippen molar-refractivity contribution < 1.29 is 13.2 Å². The fourth-order valence-electron chi connectivity index (χ4n) is 3.31. The number of hydrogen-bond acceptors (Lipinski definition) is 7. The Morgan fingerprint density at radius 1 is 0.966 bits per heavy atom. The minimum Gasteiger partial charge on any atom is -0.378 e. The lowest BCUT2D eigenvalue weighted by Crippen LogP contribution is -2.36. The monoisotopic (exact) mass is 410 g/mol. The number of benzene rings is 2. The highest BCUT2D eigenvalue weighted by Gasteiger charge is 2.22. The van der Waals surface area contributed by atoms with Gasteiger partial charge in [-0.1, -0.05) is 12.1 Å². The summed E-state index contributed by atoms with van der Waals surface area (Å²) in [5, 5.41) is 0. The quantitative estimate of drug-likeness (QED) is 0.706. The van der Waals surface area contributed by atoms with Crippen LogP contribution in [0.1, 0.15) is 5.56 Å². The third-order valence-corrected chi connectivity index (χ3v) is 6.61. The number of aromatic nitrogens is 2. The van der Waals surface area contributed by atoms with E-state index >= 15 is 0 Å². The Morgan fingerprint density at radius 2 is 1.69 bits per heavy atom. The molecule has 29 heavy (non-hydrogen) atoms. The second kappa shape index (κ2) is 7.81. The van der Waals surface area contributed by atoms with Crippen LogP contribution < -0.4 is 10.6 Å². The van der Waals surface area contributed by atoms with Crippen LogP contribution >= 0.6 is 0 Å². The van der Waals surface area contributed by atoms with E-state index in [-0.39, 0.29) is 15.7 Å². The highest BCUT2D eigenvalue weighted by Crippen LogP contribution is 2.32. The van der Waals surface area contributed by atoms with Gasteiger partial charge in [-0.2, -0.15) is 0 Å². The normalized spacial score (nSPS) is 14.7. The summed E-state index contributed by atoms with van der Waals surface area (Å²) in [5.41, 5.74) is 8.75. The number of nitrogens with zero attached hydrogens (tertiary/aromatic N) is 3. The molecule has 1 saturated heterocycles. The molecule has 1 aromatic heterocycles. The van der Waals surface area contributed by atoms with Crippen molar-refractivity contribution in [2.45, 2.75) is 16.7 Å². The summed E-state index contributed by atoms with van der Waals surface area (Å²) in [6.07, 6.45) is 3.20. The Balaban J connectivity index is 1.86. The lowest BCUT2D eigenvalue weighted by atomic mass is 10.1. The second-order valence-corrected chi connectivity index (χ2v) is 8.91. The average molecular weight is 410 g/mol. The highest BCUT2D eigenvalue weighted by atomic mass is 32.2. The van der Waals surface area contributed by atoms with E-state index in [2.05, 4.69) is 14.9 Å². The van der Waals surface area contributed by atoms with Crippen LogP contribution in [0.5, 0.6) is 0 Å². The molecule has 0 bridgehead atoms. The molecule has 8 heteroatoms. The average Bonchev–Trinajstić information content (AvgIpc) is 2.74. The largest absolute Gasteiger partial charge is 0.378 e. The Morgan fingerprint density at radius 3 is 2.38 bits per heavy atom. The van der Waals surface area contributed by atoms with Gasteiger partial charge in [0.15, 0.2) is 0 Å². The fraction of sp³-hybridized carbons (Fsp3) is 0.238. The van der Waals surface area contributed by atoms with Gasteiger partial charge in [0.2, 0.25) is 15.8 Å². The third-order valence-electron chi connectivity index (χ3n) is 4.88. The minimum absolute atomic E-state index is 0.172. The molecular weight excluding hydrogens is 388 g/mol. The van der Waals surface area contributed by atoms with Crippen LogP contribution in [0.25, 0.3) is 11.1 Å². The molecule has 0 aliphatic carbocycles.